The second kappa shape index (κ2) is 9.45. The Hall–Kier alpha value is -2.03. The van der Waals surface area contributed by atoms with Crippen molar-refractivity contribution in [2.24, 2.45) is 5.92 Å². The maximum atomic E-state index is 12.8. The minimum atomic E-state index is -0.0227. The minimum absolute atomic E-state index is 0.0227. The molecule has 1 aliphatic carbocycles. The van der Waals surface area contributed by atoms with Gasteiger partial charge < -0.3 is 10.2 Å². The quantitative estimate of drug-likeness (QED) is 0.679. The number of fused-ring (bicyclic) bond motifs is 1. The molecule has 2 aliphatic heterocycles. The van der Waals surface area contributed by atoms with Gasteiger partial charge in [-0.25, -0.2) is 0 Å². The standard InChI is InChI=1S/C24H37N7O/c1-18(2)30-14-13-29(15-19-5-6-19)17-21(30)23-27-26-22-8-7-20(16-31(22)23)24(32)25-9-12-28-10-3-4-11-28/h7-8,16,18-19,21H,3-6,9-15,17H2,1-2H3,(H,25,32). The third kappa shape index (κ3) is 4.82. The normalized spacial score (nSPS) is 23.4. The van der Waals surface area contributed by atoms with Gasteiger partial charge in [0.25, 0.3) is 5.91 Å². The SMILES string of the molecule is CC(C)N1CCN(CC2CC2)CC1c1nnc2ccc(C(=O)NCCN3CCCC3)cn12. The number of likely N-dealkylation sites (tertiary alicyclic amines) is 1. The summed E-state index contributed by atoms with van der Waals surface area (Å²) in [6.45, 7) is 12.8. The third-order valence-electron chi connectivity index (χ3n) is 7.28. The lowest BCUT2D eigenvalue weighted by Crippen LogP contribution is -2.51. The Morgan fingerprint density at radius 2 is 1.91 bits per heavy atom. The molecular weight excluding hydrogens is 402 g/mol. The molecule has 2 aromatic rings. The van der Waals surface area contributed by atoms with E-state index in [0.29, 0.717) is 18.2 Å². The molecule has 1 unspecified atom stereocenters. The van der Waals surface area contributed by atoms with Gasteiger partial charge in [0.15, 0.2) is 11.5 Å². The summed E-state index contributed by atoms with van der Waals surface area (Å²) in [6, 6.07) is 4.40. The summed E-state index contributed by atoms with van der Waals surface area (Å²) in [5.74, 6) is 1.80. The van der Waals surface area contributed by atoms with Crippen molar-refractivity contribution in [3.8, 4) is 0 Å². The van der Waals surface area contributed by atoms with Gasteiger partial charge in [-0.15, -0.1) is 10.2 Å². The minimum Gasteiger partial charge on any atom is -0.351 e. The number of rotatable bonds is 8. The van der Waals surface area contributed by atoms with Crippen molar-refractivity contribution < 1.29 is 4.79 Å². The lowest BCUT2D eigenvalue weighted by atomic mass is 10.1. The Bertz CT molecular complexity index is 932. The zero-order valence-electron chi connectivity index (χ0n) is 19.5. The van der Waals surface area contributed by atoms with Crippen LogP contribution in [0.15, 0.2) is 18.3 Å². The highest BCUT2D eigenvalue weighted by Crippen LogP contribution is 2.33. The lowest BCUT2D eigenvalue weighted by molar-refractivity contribution is 0.0437. The van der Waals surface area contributed by atoms with Crippen molar-refractivity contribution in [2.45, 2.75) is 51.6 Å². The molecule has 5 rings (SSSR count). The van der Waals surface area contributed by atoms with Crippen molar-refractivity contribution >= 4 is 11.6 Å². The number of piperazine rings is 1. The van der Waals surface area contributed by atoms with Gasteiger partial charge in [-0.05, 0) is 70.7 Å². The molecule has 8 nitrogen and oxygen atoms in total. The first-order valence-corrected chi connectivity index (χ1v) is 12.4. The van der Waals surface area contributed by atoms with Crippen LogP contribution in [0.25, 0.3) is 5.65 Å². The number of nitrogens with one attached hydrogen (secondary N) is 1. The molecule has 0 spiro atoms. The highest BCUT2D eigenvalue weighted by molar-refractivity contribution is 5.94. The summed E-state index contributed by atoms with van der Waals surface area (Å²) in [7, 11) is 0. The van der Waals surface area contributed by atoms with Crippen molar-refractivity contribution in [3.05, 3.63) is 29.7 Å². The summed E-state index contributed by atoms with van der Waals surface area (Å²) < 4.78 is 2.04. The fraction of sp³-hybridized carbons (Fsp3) is 0.708. The van der Waals surface area contributed by atoms with E-state index in [-0.39, 0.29) is 11.9 Å². The van der Waals surface area contributed by atoms with Crippen LogP contribution in [0.2, 0.25) is 0 Å². The van der Waals surface area contributed by atoms with E-state index in [2.05, 4.69) is 44.1 Å². The molecule has 174 valence electrons. The maximum Gasteiger partial charge on any atom is 0.252 e. The van der Waals surface area contributed by atoms with Crippen LogP contribution < -0.4 is 5.32 Å². The maximum absolute atomic E-state index is 12.8. The molecule has 0 bridgehead atoms. The van der Waals surface area contributed by atoms with Gasteiger partial charge in [-0.3, -0.25) is 19.0 Å². The molecule has 8 heteroatoms. The first-order valence-electron chi connectivity index (χ1n) is 12.4. The monoisotopic (exact) mass is 439 g/mol. The van der Waals surface area contributed by atoms with Gasteiger partial charge in [-0.2, -0.15) is 0 Å². The fourth-order valence-electron chi connectivity index (χ4n) is 5.24. The van der Waals surface area contributed by atoms with Crippen molar-refractivity contribution in [2.75, 3.05) is 52.4 Å². The second-order valence-corrected chi connectivity index (χ2v) is 10.1. The number of hydrogen-bond acceptors (Lipinski definition) is 6. The Morgan fingerprint density at radius 1 is 1.09 bits per heavy atom. The Kier molecular flexibility index (Phi) is 6.44. The molecule has 1 atom stereocenters. The number of aromatic nitrogens is 3. The van der Waals surface area contributed by atoms with Crippen LogP contribution in [0.5, 0.6) is 0 Å². The van der Waals surface area contributed by atoms with E-state index in [0.717, 1.165) is 56.7 Å². The topological polar surface area (TPSA) is 69.0 Å². The zero-order chi connectivity index (χ0) is 22.1. The number of pyridine rings is 1. The zero-order valence-corrected chi connectivity index (χ0v) is 19.5. The van der Waals surface area contributed by atoms with Gasteiger partial charge in [0.1, 0.15) is 0 Å². The molecule has 2 saturated heterocycles. The number of amides is 1. The van der Waals surface area contributed by atoms with Crippen molar-refractivity contribution in [1.82, 2.24) is 34.6 Å². The van der Waals surface area contributed by atoms with Crippen LogP contribution in [-0.2, 0) is 0 Å². The van der Waals surface area contributed by atoms with Crippen LogP contribution in [-0.4, -0.2) is 93.6 Å². The first-order chi connectivity index (χ1) is 15.6. The Labute approximate surface area is 190 Å². The summed E-state index contributed by atoms with van der Waals surface area (Å²) in [5, 5.41) is 12.1. The molecule has 0 radical (unpaired) electrons. The third-order valence-corrected chi connectivity index (χ3v) is 7.28. The molecule has 2 aromatic heterocycles. The molecule has 3 fully saturated rings. The Balaban J connectivity index is 1.32. The van der Waals surface area contributed by atoms with E-state index >= 15 is 0 Å². The molecule has 0 aromatic carbocycles. The molecule has 1 N–H and O–H groups in total. The average molecular weight is 440 g/mol. The van der Waals surface area contributed by atoms with Crippen LogP contribution >= 0.6 is 0 Å². The van der Waals surface area contributed by atoms with Gasteiger partial charge in [0.05, 0.1) is 11.6 Å². The van der Waals surface area contributed by atoms with Gasteiger partial charge in [-0.1, -0.05) is 0 Å². The summed E-state index contributed by atoms with van der Waals surface area (Å²) in [6.07, 6.45) is 7.22. The summed E-state index contributed by atoms with van der Waals surface area (Å²) >= 11 is 0. The molecule has 32 heavy (non-hydrogen) atoms. The highest BCUT2D eigenvalue weighted by Gasteiger charge is 2.35. The predicted molar refractivity (Wildman–Crippen MR) is 125 cm³/mol. The number of nitrogens with zero attached hydrogens (tertiary/aromatic N) is 6. The first kappa shape index (κ1) is 21.8. The highest BCUT2D eigenvalue weighted by atomic mass is 16.1. The molecule has 1 amide bonds. The van der Waals surface area contributed by atoms with Gasteiger partial charge in [0, 0.05) is 51.5 Å². The fourth-order valence-corrected chi connectivity index (χ4v) is 5.24. The summed E-state index contributed by atoms with van der Waals surface area (Å²) in [5.41, 5.74) is 1.47. The predicted octanol–water partition coefficient (Wildman–Crippen LogP) is 2.03. The molecule has 4 heterocycles. The lowest BCUT2D eigenvalue weighted by Gasteiger charge is -2.42. The van der Waals surface area contributed by atoms with Crippen LogP contribution in [0.4, 0.5) is 0 Å². The van der Waals surface area contributed by atoms with E-state index in [1.165, 1.54) is 32.2 Å². The van der Waals surface area contributed by atoms with E-state index in [1.54, 1.807) is 0 Å². The van der Waals surface area contributed by atoms with Crippen molar-refractivity contribution in [1.29, 1.82) is 0 Å². The van der Waals surface area contributed by atoms with E-state index in [9.17, 15) is 4.79 Å². The van der Waals surface area contributed by atoms with E-state index in [4.69, 9.17) is 0 Å². The van der Waals surface area contributed by atoms with E-state index < -0.39 is 0 Å². The molecular formula is C24H37N7O. The largest absolute Gasteiger partial charge is 0.351 e. The van der Waals surface area contributed by atoms with Crippen LogP contribution in [0.3, 0.4) is 0 Å². The van der Waals surface area contributed by atoms with Crippen LogP contribution in [0.1, 0.15) is 61.8 Å². The summed E-state index contributed by atoms with van der Waals surface area (Å²) in [4.78, 5) is 20.4. The number of carbonyl (C=O) groups excluding carboxylic acids is 1. The number of hydrogen-bond donors (Lipinski definition) is 1. The van der Waals surface area contributed by atoms with E-state index in [1.807, 2.05) is 22.7 Å². The smallest absolute Gasteiger partial charge is 0.252 e. The van der Waals surface area contributed by atoms with Crippen LogP contribution in [0, 0.1) is 5.92 Å². The number of carbonyl (C=O) groups is 1. The molecule has 3 aliphatic rings. The van der Waals surface area contributed by atoms with Gasteiger partial charge >= 0.3 is 0 Å². The van der Waals surface area contributed by atoms with Gasteiger partial charge in [0.2, 0.25) is 0 Å². The van der Waals surface area contributed by atoms with Crippen molar-refractivity contribution in [3.63, 3.8) is 0 Å². The second-order valence-electron chi connectivity index (χ2n) is 10.1. The Morgan fingerprint density at radius 3 is 2.66 bits per heavy atom. The average Bonchev–Trinajstić information content (AvgIpc) is 3.27. The molecule has 1 saturated carbocycles.